The van der Waals surface area contributed by atoms with Crippen LogP contribution in [0.1, 0.15) is 13.8 Å². The van der Waals surface area contributed by atoms with Crippen LogP contribution in [0.25, 0.3) is 0 Å². The minimum atomic E-state index is 1.17. The zero-order valence-electron chi connectivity index (χ0n) is 5.89. The number of rotatable bonds is 0. The summed E-state index contributed by atoms with van der Waals surface area (Å²) in [6, 6.07) is 0. The molecule has 1 N–H and O–H groups in total. The first-order chi connectivity index (χ1) is 4.23. The molecule has 0 unspecified atom stereocenters. The first-order valence-electron chi connectivity index (χ1n) is 2.78. The van der Waals surface area contributed by atoms with Gasteiger partial charge in [-0.2, -0.15) is 0 Å². The molecule has 0 aliphatic heterocycles. The topological polar surface area (TPSA) is 28.7 Å². The second-order valence-electron chi connectivity index (χ2n) is 1.97. The van der Waals surface area contributed by atoms with E-state index < -0.39 is 0 Å². The number of H-pyrrole nitrogens is 1. The van der Waals surface area contributed by atoms with Crippen molar-refractivity contribution in [2.24, 2.45) is 0 Å². The van der Waals surface area contributed by atoms with Gasteiger partial charge in [0, 0.05) is 12.4 Å². The third-order valence-corrected chi connectivity index (χ3v) is 0.406. The zero-order valence-corrected chi connectivity index (χ0v) is 5.89. The van der Waals surface area contributed by atoms with Crippen molar-refractivity contribution >= 4 is 0 Å². The van der Waals surface area contributed by atoms with Crippen LogP contribution in [0.5, 0.6) is 0 Å². The maximum Gasteiger partial charge on any atom is 0.0919 e. The summed E-state index contributed by atoms with van der Waals surface area (Å²) in [5.74, 6) is 0. The highest BCUT2D eigenvalue weighted by molar-refractivity contribution is 4.78. The van der Waals surface area contributed by atoms with E-state index in [-0.39, 0.29) is 0 Å². The normalized spacial score (nSPS) is 7.33. The SMILES string of the molecule is C=C(C)C.c1c[nH]cn1. The molecule has 0 fully saturated rings. The third kappa shape index (κ3) is 10.9. The molecule has 0 saturated carbocycles. The third-order valence-electron chi connectivity index (χ3n) is 0.406. The van der Waals surface area contributed by atoms with Gasteiger partial charge >= 0.3 is 0 Å². The fourth-order valence-electron chi connectivity index (χ4n) is 0.215. The number of aromatic nitrogens is 2. The lowest BCUT2D eigenvalue weighted by Crippen LogP contribution is -1.44. The maximum absolute atomic E-state index is 3.67. The number of nitrogens with one attached hydrogen (secondary N) is 1. The summed E-state index contributed by atoms with van der Waals surface area (Å²) in [5, 5.41) is 0. The van der Waals surface area contributed by atoms with E-state index in [0.717, 1.165) is 0 Å². The van der Waals surface area contributed by atoms with Gasteiger partial charge in [0.05, 0.1) is 6.33 Å². The number of imidazole rings is 1. The van der Waals surface area contributed by atoms with Gasteiger partial charge in [0.15, 0.2) is 0 Å². The van der Waals surface area contributed by atoms with Crippen molar-refractivity contribution in [2.75, 3.05) is 0 Å². The van der Waals surface area contributed by atoms with Gasteiger partial charge < -0.3 is 4.98 Å². The van der Waals surface area contributed by atoms with Crippen LogP contribution in [0.3, 0.4) is 0 Å². The number of nitrogens with zero attached hydrogens (tertiary/aromatic N) is 1. The summed E-state index contributed by atoms with van der Waals surface area (Å²) >= 11 is 0. The van der Waals surface area contributed by atoms with Gasteiger partial charge in [0.25, 0.3) is 0 Å². The van der Waals surface area contributed by atoms with E-state index in [1.165, 1.54) is 5.57 Å². The summed E-state index contributed by atoms with van der Waals surface area (Å²) in [6.45, 7) is 7.50. The van der Waals surface area contributed by atoms with Crippen molar-refractivity contribution in [3.8, 4) is 0 Å². The minimum absolute atomic E-state index is 1.17. The molecule has 0 bridgehead atoms. The number of aromatic amines is 1. The Balaban J connectivity index is 0.000000148. The molecule has 2 nitrogen and oxygen atoms in total. The average Bonchev–Trinajstić information content (AvgIpc) is 2.11. The van der Waals surface area contributed by atoms with E-state index in [1.807, 2.05) is 13.8 Å². The Morgan fingerprint density at radius 2 is 2.11 bits per heavy atom. The van der Waals surface area contributed by atoms with Crippen molar-refractivity contribution in [1.82, 2.24) is 9.97 Å². The van der Waals surface area contributed by atoms with Gasteiger partial charge in [0.2, 0.25) is 0 Å². The van der Waals surface area contributed by atoms with Crippen LogP contribution in [0.15, 0.2) is 30.9 Å². The van der Waals surface area contributed by atoms with Crippen LogP contribution in [-0.2, 0) is 0 Å². The van der Waals surface area contributed by atoms with Crippen molar-refractivity contribution in [1.29, 1.82) is 0 Å². The molecule has 1 aromatic rings. The molecular weight excluding hydrogens is 112 g/mol. The zero-order chi connectivity index (χ0) is 7.11. The molecule has 0 amide bonds. The molecule has 0 aliphatic carbocycles. The predicted molar refractivity (Wildman–Crippen MR) is 39.1 cm³/mol. The van der Waals surface area contributed by atoms with E-state index in [2.05, 4.69) is 16.5 Å². The van der Waals surface area contributed by atoms with E-state index in [4.69, 9.17) is 0 Å². The highest BCUT2D eigenvalue weighted by atomic mass is 14.8. The van der Waals surface area contributed by atoms with Crippen LogP contribution in [0.2, 0.25) is 0 Å². The van der Waals surface area contributed by atoms with Gasteiger partial charge in [0.1, 0.15) is 0 Å². The first-order valence-corrected chi connectivity index (χ1v) is 2.78. The van der Waals surface area contributed by atoms with Crippen molar-refractivity contribution < 1.29 is 0 Å². The largest absolute Gasteiger partial charge is 0.351 e. The summed E-state index contributed by atoms with van der Waals surface area (Å²) in [6.07, 6.45) is 5.08. The predicted octanol–water partition coefficient (Wildman–Crippen LogP) is 1.99. The van der Waals surface area contributed by atoms with Crippen molar-refractivity contribution in [3.63, 3.8) is 0 Å². The second-order valence-corrected chi connectivity index (χ2v) is 1.97. The minimum Gasteiger partial charge on any atom is -0.351 e. The fourth-order valence-corrected chi connectivity index (χ4v) is 0.215. The summed E-state index contributed by atoms with van der Waals surface area (Å²) in [7, 11) is 0. The molecule has 0 aromatic carbocycles. The molecular formula is C7H12N2. The van der Waals surface area contributed by atoms with E-state index >= 15 is 0 Å². The molecule has 1 rings (SSSR count). The van der Waals surface area contributed by atoms with Crippen molar-refractivity contribution in [2.45, 2.75) is 13.8 Å². The van der Waals surface area contributed by atoms with Crippen LogP contribution in [0, 0.1) is 0 Å². The number of hydrogen-bond donors (Lipinski definition) is 1. The van der Waals surface area contributed by atoms with Gasteiger partial charge in [-0.1, -0.05) is 5.57 Å². The van der Waals surface area contributed by atoms with Crippen LogP contribution in [-0.4, -0.2) is 9.97 Å². The standard InChI is InChI=1S/C4H8.C3H4N2/c1-4(2)3;1-2-5-3-4-1/h1H2,2-3H3;1-3H,(H,4,5). The smallest absolute Gasteiger partial charge is 0.0919 e. The maximum atomic E-state index is 3.67. The van der Waals surface area contributed by atoms with Gasteiger partial charge in [-0.15, -0.1) is 6.58 Å². The van der Waals surface area contributed by atoms with E-state index in [9.17, 15) is 0 Å². The van der Waals surface area contributed by atoms with E-state index in [0.29, 0.717) is 0 Å². The first kappa shape index (κ1) is 7.95. The van der Waals surface area contributed by atoms with Crippen LogP contribution >= 0.6 is 0 Å². The Bertz CT molecular complexity index is 121. The molecule has 0 saturated heterocycles. The molecule has 1 aromatic heterocycles. The second kappa shape index (κ2) is 5.09. The lowest BCUT2D eigenvalue weighted by Gasteiger charge is -1.65. The van der Waals surface area contributed by atoms with Crippen LogP contribution < -0.4 is 0 Å². The molecule has 0 spiro atoms. The van der Waals surface area contributed by atoms with Gasteiger partial charge in [-0.3, -0.25) is 0 Å². The lowest BCUT2D eigenvalue weighted by atomic mass is 10.4. The molecule has 50 valence electrons. The van der Waals surface area contributed by atoms with Crippen LogP contribution in [0.4, 0.5) is 0 Å². The molecule has 9 heavy (non-hydrogen) atoms. The number of hydrogen-bond acceptors (Lipinski definition) is 1. The summed E-state index contributed by atoms with van der Waals surface area (Å²) in [5.41, 5.74) is 1.17. The molecule has 0 radical (unpaired) electrons. The Labute approximate surface area is 55.6 Å². The Hall–Kier alpha value is -1.05. The monoisotopic (exact) mass is 124 g/mol. The Kier molecular flexibility index (Phi) is 4.50. The molecule has 2 heteroatoms. The molecule has 1 heterocycles. The average molecular weight is 124 g/mol. The van der Waals surface area contributed by atoms with Gasteiger partial charge in [-0.05, 0) is 13.8 Å². The lowest BCUT2D eigenvalue weighted by molar-refractivity contribution is 1.31. The highest BCUT2D eigenvalue weighted by Gasteiger charge is 1.56. The number of allylic oxidation sites excluding steroid dienone is 1. The molecule has 0 atom stereocenters. The quantitative estimate of drug-likeness (QED) is 0.526. The summed E-state index contributed by atoms with van der Waals surface area (Å²) < 4.78 is 0. The van der Waals surface area contributed by atoms with E-state index in [1.54, 1.807) is 18.7 Å². The highest BCUT2D eigenvalue weighted by Crippen LogP contribution is 1.73. The Morgan fingerprint density at radius 1 is 1.56 bits per heavy atom. The van der Waals surface area contributed by atoms with Gasteiger partial charge in [-0.25, -0.2) is 4.98 Å². The fraction of sp³-hybridized carbons (Fsp3) is 0.286. The van der Waals surface area contributed by atoms with Crippen molar-refractivity contribution in [3.05, 3.63) is 30.9 Å². The summed E-state index contributed by atoms with van der Waals surface area (Å²) in [4.78, 5) is 6.42. The Morgan fingerprint density at radius 3 is 2.22 bits per heavy atom. The molecule has 0 aliphatic rings.